The molecule has 0 heterocycles. The Labute approximate surface area is 116 Å². The number of ether oxygens (including phenoxy) is 1. The lowest BCUT2D eigenvalue weighted by molar-refractivity contribution is -0.131. The van der Waals surface area contributed by atoms with E-state index >= 15 is 0 Å². The summed E-state index contributed by atoms with van der Waals surface area (Å²) in [6, 6.07) is 3.81. The van der Waals surface area contributed by atoms with Gasteiger partial charge >= 0.3 is 5.97 Å². The second-order valence-electron chi connectivity index (χ2n) is 4.17. The fourth-order valence-electron chi connectivity index (χ4n) is 1.40. The van der Waals surface area contributed by atoms with Crippen LogP contribution < -0.4 is 5.32 Å². The van der Waals surface area contributed by atoms with Gasteiger partial charge in [0.05, 0.1) is 11.7 Å². The van der Waals surface area contributed by atoms with Crippen LogP contribution in [0.1, 0.15) is 22.8 Å². The number of hydrogen-bond acceptors (Lipinski definition) is 3. The van der Waals surface area contributed by atoms with Crippen LogP contribution in [0.25, 0.3) is 6.08 Å². The SMILES string of the molecule is COC(C)CNC(=O)c1cc(/C=C/C(=O)O)ccc1F. The first-order valence-corrected chi connectivity index (χ1v) is 5.95. The number of amides is 1. The topological polar surface area (TPSA) is 75.6 Å². The van der Waals surface area contributed by atoms with E-state index in [1.165, 1.54) is 25.3 Å². The molecule has 1 atom stereocenters. The first-order valence-electron chi connectivity index (χ1n) is 5.95. The number of aliphatic carboxylic acids is 1. The standard InChI is InChI=1S/C14H16FNO4/c1-9(20-2)8-16-14(19)11-7-10(3-5-12(11)15)4-6-13(17)18/h3-7,9H,8H2,1-2H3,(H,16,19)(H,17,18)/b6-4+. The molecule has 0 saturated carbocycles. The van der Waals surface area contributed by atoms with Crippen LogP contribution in [0.5, 0.6) is 0 Å². The molecule has 0 aliphatic rings. The van der Waals surface area contributed by atoms with E-state index in [4.69, 9.17) is 9.84 Å². The smallest absolute Gasteiger partial charge is 0.328 e. The number of carbonyl (C=O) groups excluding carboxylic acids is 1. The summed E-state index contributed by atoms with van der Waals surface area (Å²) in [5.74, 6) is -2.36. The maximum absolute atomic E-state index is 13.6. The fourth-order valence-corrected chi connectivity index (χ4v) is 1.40. The molecule has 0 fully saturated rings. The zero-order valence-electron chi connectivity index (χ0n) is 11.2. The summed E-state index contributed by atoms with van der Waals surface area (Å²) in [6.07, 6.45) is 2.02. The summed E-state index contributed by atoms with van der Waals surface area (Å²) in [4.78, 5) is 22.2. The molecule has 1 unspecified atom stereocenters. The van der Waals surface area contributed by atoms with Gasteiger partial charge in [0.2, 0.25) is 0 Å². The molecule has 2 N–H and O–H groups in total. The first-order chi connectivity index (χ1) is 9.43. The molecule has 1 rings (SSSR count). The maximum atomic E-state index is 13.6. The van der Waals surface area contributed by atoms with Gasteiger partial charge in [0.1, 0.15) is 5.82 Å². The van der Waals surface area contributed by atoms with Crippen LogP contribution in [0.3, 0.4) is 0 Å². The molecule has 0 aliphatic heterocycles. The Kier molecular flexibility index (Phi) is 5.86. The molecule has 20 heavy (non-hydrogen) atoms. The van der Waals surface area contributed by atoms with Crippen molar-refractivity contribution < 1.29 is 23.8 Å². The number of methoxy groups -OCH3 is 1. The molecule has 1 aromatic rings. The van der Waals surface area contributed by atoms with Crippen LogP contribution in [0, 0.1) is 5.82 Å². The minimum atomic E-state index is -1.12. The molecule has 0 spiro atoms. The Balaban J connectivity index is 2.85. The van der Waals surface area contributed by atoms with Crippen LogP contribution >= 0.6 is 0 Å². The van der Waals surface area contributed by atoms with E-state index in [9.17, 15) is 14.0 Å². The van der Waals surface area contributed by atoms with Gasteiger partial charge in [0, 0.05) is 19.7 Å². The summed E-state index contributed by atoms with van der Waals surface area (Å²) in [7, 11) is 1.51. The molecule has 1 amide bonds. The summed E-state index contributed by atoms with van der Waals surface area (Å²) in [5.41, 5.74) is 0.291. The molecule has 1 aromatic carbocycles. The highest BCUT2D eigenvalue weighted by atomic mass is 19.1. The maximum Gasteiger partial charge on any atom is 0.328 e. The number of halogens is 1. The van der Waals surface area contributed by atoms with Crippen molar-refractivity contribution in [2.24, 2.45) is 0 Å². The van der Waals surface area contributed by atoms with E-state index in [1.807, 2.05) is 0 Å². The Bertz CT molecular complexity index is 528. The van der Waals surface area contributed by atoms with Crippen molar-refractivity contribution in [3.05, 3.63) is 41.2 Å². The Morgan fingerprint density at radius 3 is 2.80 bits per heavy atom. The van der Waals surface area contributed by atoms with Crippen LogP contribution in [-0.2, 0) is 9.53 Å². The molecular weight excluding hydrogens is 265 g/mol. The van der Waals surface area contributed by atoms with Crippen molar-refractivity contribution in [2.75, 3.05) is 13.7 Å². The molecule has 6 heteroatoms. The number of nitrogens with one attached hydrogen (secondary N) is 1. The van der Waals surface area contributed by atoms with Crippen molar-refractivity contribution in [2.45, 2.75) is 13.0 Å². The van der Waals surface area contributed by atoms with Gasteiger partial charge in [-0.1, -0.05) is 6.07 Å². The number of hydrogen-bond donors (Lipinski definition) is 2. The van der Waals surface area contributed by atoms with E-state index < -0.39 is 17.7 Å². The molecule has 108 valence electrons. The number of rotatable bonds is 6. The number of carboxylic acid groups (broad SMARTS) is 1. The Morgan fingerprint density at radius 1 is 1.50 bits per heavy atom. The highest BCUT2D eigenvalue weighted by Crippen LogP contribution is 2.12. The van der Waals surface area contributed by atoms with Gasteiger partial charge in [-0.05, 0) is 30.7 Å². The van der Waals surface area contributed by atoms with Gasteiger partial charge in [-0.2, -0.15) is 0 Å². The largest absolute Gasteiger partial charge is 0.478 e. The van der Waals surface area contributed by atoms with Crippen LogP contribution in [0.4, 0.5) is 4.39 Å². The zero-order chi connectivity index (χ0) is 15.1. The van der Waals surface area contributed by atoms with E-state index in [1.54, 1.807) is 6.92 Å². The zero-order valence-corrected chi connectivity index (χ0v) is 11.2. The van der Waals surface area contributed by atoms with Gasteiger partial charge in [0.15, 0.2) is 0 Å². The van der Waals surface area contributed by atoms with Crippen molar-refractivity contribution in [1.29, 1.82) is 0 Å². The molecule has 0 aliphatic carbocycles. The molecule has 5 nitrogen and oxygen atoms in total. The highest BCUT2D eigenvalue weighted by Gasteiger charge is 2.12. The van der Waals surface area contributed by atoms with Crippen LogP contribution in [0.2, 0.25) is 0 Å². The number of benzene rings is 1. The van der Waals surface area contributed by atoms with E-state index in [2.05, 4.69) is 5.32 Å². The fraction of sp³-hybridized carbons (Fsp3) is 0.286. The third-order valence-corrected chi connectivity index (χ3v) is 2.61. The van der Waals surface area contributed by atoms with Gasteiger partial charge in [-0.25, -0.2) is 9.18 Å². The van der Waals surface area contributed by atoms with E-state index in [0.29, 0.717) is 5.56 Å². The number of carboxylic acids is 1. The second-order valence-corrected chi connectivity index (χ2v) is 4.17. The third kappa shape index (κ3) is 4.81. The molecule has 0 radical (unpaired) electrons. The normalized spacial score (nSPS) is 12.3. The lowest BCUT2D eigenvalue weighted by Crippen LogP contribution is -2.32. The minimum Gasteiger partial charge on any atom is -0.478 e. The minimum absolute atomic E-state index is 0.138. The third-order valence-electron chi connectivity index (χ3n) is 2.61. The van der Waals surface area contributed by atoms with Gasteiger partial charge < -0.3 is 15.2 Å². The van der Waals surface area contributed by atoms with E-state index in [-0.39, 0.29) is 18.2 Å². The average molecular weight is 281 g/mol. The Morgan fingerprint density at radius 2 is 2.20 bits per heavy atom. The van der Waals surface area contributed by atoms with E-state index in [0.717, 1.165) is 12.1 Å². The summed E-state index contributed by atoms with van der Waals surface area (Å²) >= 11 is 0. The monoisotopic (exact) mass is 281 g/mol. The summed E-state index contributed by atoms with van der Waals surface area (Å²) in [6.45, 7) is 2.02. The van der Waals surface area contributed by atoms with Crippen LogP contribution in [-0.4, -0.2) is 36.7 Å². The average Bonchev–Trinajstić information content (AvgIpc) is 2.43. The second kappa shape index (κ2) is 7.40. The quantitative estimate of drug-likeness (QED) is 0.778. The molecule has 0 saturated heterocycles. The lowest BCUT2D eigenvalue weighted by atomic mass is 10.1. The number of carbonyl (C=O) groups is 2. The molecule has 0 bridgehead atoms. The van der Waals surface area contributed by atoms with Crippen molar-refractivity contribution in [3.63, 3.8) is 0 Å². The first kappa shape index (κ1) is 15.8. The predicted octanol–water partition coefficient (Wildman–Crippen LogP) is 1.69. The van der Waals surface area contributed by atoms with Gasteiger partial charge in [0.25, 0.3) is 5.91 Å². The van der Waals surface area contributed by atoms with Gasteiger partial charge in [-0.15, -0.1) is 0 Å². The van der Waals surface area contributed by atoms with Crippen molar-refractivity contribution in [3.8, 4) is 0 Å². The van der Waals surface area contributed by atoms with Gasteiger partial charge in [-0.3, -0.25) is 4.79 Å². The molecule has 0 aromatic heterocycles. The molecular formula is C14H16FNO4. The summed E-state index contributed by atoms with van der Waals surface area (Å²) < 4.78 is 18.6. The van der Waals surface area contributed by atoms with Crippen LogP contribution in [0.15, 0.2) is 24.3 Å². The highest BCUT2D eigenvalue weighted by molar-refractivity contribution is 5.95. The van der Waals surface area contributed by atoms with Crippen molar-refractivity contribution >= 4 is 18.0 Å². The van der Waals surface area contributed by atoms with Crippen molar-refractivity contribution in [1.82, 2.24) is 5.32 Å². The Hall–Kier alpha value is -2.21. The summed E-state index contributed by atoms with van der Waals surface area (Å²) in [5, 5.41) is 11.1. The predicted molar refractivity (Wildman–Crippen MR) is 71.9 cm³/mol. The lowest BCUT2D eigenvalue weighted by Gasteiger charge is -2.11.